The highest BCUT2D eigenvalue weighted by Gasteiger charge is 2.15. The van der Waals surface area contributed by atoms with E-state index >= 15 is 0 Å². The van der Waals surface area contributed by atoms with Crippen molar-refractivity contribution in [2.75, 3.05) is 0 Å². The summed E-state index contributed by atoms with van der Waals surface area (Å²) in [6, 6.07) is 25.8. The molecule has 1 nitrogen and oxygen atoms in total. The first-order chi connectivity index (χ1) is 11.7. The maximum absolute atomic E-state index is 2.27. The first-order valence-electron chi connectivity index (χ1n) is 8.28. The van der Waals surface area contributed by atoms with Crippen molar-refractivity contribution in [1.29, 1.82) is 0 Å². The lowest BCUT2D eigenvalue weighted by molar-refractivity contribution is -0.617. The van der Waals surface area contributed by atoms with Crippen molar-refractivity contribution in [1.82, 2.24) is 0 Å². The Bertz CT molecular complexity index is 1000. The van der Waals surface area contributed by atoms with Gasteiger partial charge < -0.3 is 0 Å². The molecule has 1 aromatic heterocycles. The number of hydrogen-bond acceptors (Lipinski definition) is 0. The number of fused-ring (bicyclic) bond motifs is 2. The molecule has 0 amide bonds. The van der Waals surface area contributed by atoms with Crippen LogP contribution >= 0.6 is 0 Å². The summed E-state index contributed by atoms with van der Waals surface area (Å²) in [6.45, 7) is 2.12. The van der Waals surface area contributed by atoms with Crippen LogP contribution in [0.1, 0.15) is 16.7 Å². The molecule has 0 bridgehead atoms. The molecule has 0 fully saturated rings. The Morgan fingerprint density at radius 1 is 0.667 bits per heavy atom. The van der Waals surface area contributed by atoms with E-state index in [4.69, 9.17) is 0 Å². The van der Waals surface area contributed by atoms with Gasteiger partial charge in [-0.3, -0.25) is 0 Å². The van der Waals surface area contributed by atoms with Crippen molar-refractivity contribution in [3.05, 3.63) is 89.5 Å². The van der Waals surface area contributed by atoms with E-state index in [2.05, 4.69) is 103 Å². The number of para-hydroxylation sites is 2. The summed E-state index contributed by atoms with van der Waals surface area (Å²) in [7, 11) is 2.14. The number of benzene rings is 3. The minimum Gasteiger partial charge on any atom is -0.194 e. The van der Waals surface area contributed by atoms with Gasteiger partial charge in [-0.05, 0) is 24.6 Å². The SMILES string of the molecule is Cc1ccc(/C=C/c2c3ccccc3[n+](C)c3ccccc23)cc1. The number of aryl methyl sites for hydroxylation is 2. The fraction of sp³-hybridized carbons (Fsp3) is 0.0870. The van der Waals surface area contributed by atoms with Gasteiger partial charge in [0, 0.05) is 17.7 Å². The monoisotopic (exact) mass is 310 g/mol. The second-order valence-corrected chi connectivity index (χ2v) is 6.25. The predicted molar refractivity (Wildman–Crippen MR) is 103 cm³/mol. The van der Waals surface area contributed by atoms with E-state index in [-0.39, 0.29) is 0 Å². The number of pyridine rings is 1. The molecular formula is C23H20N+. The fourth-order valence-electron chi connectivity index (χ4n) is 3.30. The summed E-state index contributed by atoms with van der Waals surface area (Å²) in [6.07, 6.45) is 4.45. The summed E-state index contributed by atoms with van der Waals surface area (Å²) in [5, 5.41) is 2.56. The van der Waals surface area contributed by atoms with Gasteiger partial charge in [-0.25, -0.2) is 0 Å². The van der Waals surface area contributed by atoms with Gasteiger partial charge in [-0.2, -0.15) is 4.57 Å². The zero-order valence-electron chi connectivity index (χ0n) is 14.0. The molecule has 0 saturated carbocycles. The third-order valence-corrected chi connectivity index (χ3v) is 4.63. The van der Waals surface area contributed by atoms with Crippen LogP contribution in [-0.4, -0.2) is 0 Å². The summed E-state index contributed by atoms with van der Waals surface area (Å²) in [5.74, 6) is 0. The van der Waals surface area contributed by atoms with Crippen molar-refractivity contribution < 1.29 is 4.57 Å². The van der Waals surface area contributed by atoms with Gasteiger partial charge in [-0.15, -0.1) is 0 Å². The van der Waals surface area contributed by atoms with Crippen LogP contribution in [0.15, 0.2) is 72.8 Å². The lowest BCUT2D eigenvalue weighted by atomic mass is 10.0. The topological polar surface area (TPSA) is 3.88 Å². The van der Waals surface area contributed by atoms with Crippen LogP contribution < -0.4 is 4.57 Å². The summed E-state index contributed by atoms with van der Waals surface area (Å²) >= 11 is 0. The van der Waals surface area contributed by atoms with Crippen molar-refractivity contribution in [3.63, 3.8) is 0 Å². The Kier molecular flexibility index (Phi) is 3.62. The Balaban J connectivity index is 1.98. The maximum Gasteiger partial charge on any atom is 0.213 e. The van der Waals surface area contributed by atoms with E-state index in [1.54, 1.807) is 0 Å². The standard InChI is InChI=1S/C23H20N/c1-17-11-13-18(14-12-17)15-16-19-20-7-3-5-9-22(20)24(2)23-10-6-4-8-21(19)23/h3-16H,1-2H3/q+1/b16-15+. The third-order valence-electron chi connectivity index (χ3n) is 4.63. The normalized spacial score (nSPS) is 11.6. The fourth-order valence-corrected chi connectivity index (χ4v) is 3.30. The minimum atomic E-state index is 1.22. The first-order valence-corrected chi connectivity index (χ1v) is 8.28. The van der Waals surface area contributed by atoms with Crippen molar-refractivity contribution in [3.8, 4) is 0 Å². The number of aromatic nitrogens is 1. The lowest BCUT2D eigenvalue weighted by Crippen LogP contribution is -2.30. The molecule has 0 saturated heterocycles. The molecule has 24 heavy (non-hydrogen) atoms. The highest BCUT2D eigenvalue weighted by Crippen LogP contribution is 2.26. The molecular weight excluding hydrogens is 290 g/mol. The molecule has 0 aliphatic heterocycles. The van der Waals surface area contributed by atoms with Crippen LogP contribution in [0.4, 0.5) is 0 Å². The predicted octanol–water partition coefficient (Wildman–Crippen LogP) is 5.30. The van der Waals surface area contributed by atoms with Crippen LogP contribution in [-0.2, 0) is 7.05 Å². The largest absolute Gasteiger partial charge is 0.213 e. The molecule has 0 radical (unpaired) electrons. The van der Waals surface area contributed by atoms with Gasteiger partial charge >= 0.3 is 0 Å². The van der Waals surface area contributed by atoms with E-state index in [9.17, 15) is 0 Å². The lowest BCUT2D eigenvalue weighted by Gasteiger charge is -2.07. The summed E-state index contributed by atoms with van der Waals surface area (Å²) < 4.78 is 2.27. The number of rotatable bonds is 2. The minimum absolute atomic E-state index is 1.22. The van der Waals surface area contributed by atoms with E-state index in [0.29, 0.717) is 0 Å². The highest BCUT2D eigenvalue weighted by molar-refractivity contribution is 6.01. The molecule has 116 valence electrons. The Labute approximate surface area is 142 Å². The molecule has 0 atom stereocenters. The first kappa shape index (κ1) is 14.6. The van der Waals surface area contributed by atoms with Crippen LogP contribution in [0.2, 0.25) is 0 Å². The average molecular weight is 310 g/mol. The van der Waals surface area contributed by atoms with E-state index < -0.39 is 0 Å². The van der Waals surface area contributed by atoms with Crippen LogP contribution in [0, 0.1) is 6.92 Å². The third kappa shape index (κ3) is 2.48. The van der Waals surface area contributed by atoms with Gasteiger partial charge in [0.15, 0.2) is 0 Å². The van der Waals surface area contributed by atoms with E-state index in [1.807, 2.05) is 0 Å². The Morgan fingerprint density at radius 2 is 1.21 bits per heavy atom. The summed E-state index contributed by atoms with van der Waals surface area (Å²) in [5.41, 5.74) is 6.29. The smallest absolute Gasteiger partial charge is 0.194 e. The molecule has 0 aliphatic carbocycles. The second-order valence-electron chi connectivity index (χ2n) is 6.25. The Morgan fingerprint density at radius 3 is 1.79 bits per heavy atom. The Hall–Kier alpha value is -2.93. The number of nitrogens with zero attached hydrogens (tertiary/aromatic N) is 1. The van der Waals surface area contributed by atoms with Crippen molar-refractivity contribution in [2.45, 2.75) is 6.92 Å². The van der Waals surface area contributed by atoms with Gasteiger partial charge in [0.1, 0.15) is 7.05 Å². The van der Waals surface area contributed by atoms with Gasteiger partial charge in [-0.1, -0.05) is 66.2 Å². The van der Waals surface area contributed by atoms with Gasteiger partial charge in [0.05, 0.1) is 10.8 Å². The molecule has 0 unspecified atom stereocenters. The molecule has 1 heterocycles. The zero-order chi connectivity index (χ0) is 16.5. The second kappa shape index (κ2) is 5.93. The number of hydrogen-bond donors (Lipinski definition) is 0. The van der Waals surface area contributed by atoms with Crippen LogP contribution in [0.5, 0.6) is 0 Å². The van der Waals surface area contributed by atoms with Crippen molar-refractivity contribution in [2.24, 2.45) is 7.05 Å². The molecule has 0 spiro atoms. The molecule has 3 aromatic carbocycles. The van der Waals surface area contributed by atoms with E-state index in [1.165, 1.54) is 38.5 Å². The molecule has 1 heteroatoms. The van der Waals surface area contributed by atoms with Gasteiger partial charge in [0.25, 0.3) is 0 Å². The van der Waals surface area contributed by atoms with Crippen LogP contribution in [0.25, 0.3) is 34.0 Å². The average Bonchev–Trinajstić information content (AvgIpc) is 2.63. The van der Waals surface area contributed by atoms with Crippen LogP contribution in [0.3, 0.4) is 0 Å². The quantitative estimate of drug-likeness (QED) is 0.349. The molecule has 4 rings (SSSR count). The molecule has 4 aromatic rings. The summed E-state index contributed by atoms with van der Waals surface area (Å²) in [4.78, 5) is 0. The van der Waals surface area contributed by atoms with Gasteiger partial charge in [0.2, 0.25) is 11.0 Å². The zero-order valence-corrected chi connectivity index (χ0v) is 14.0. The van der Waals surface area contributed by atoms with E-state index in [0.717, 1.165) is 0 Å². The maximum atomic E-state index is 2.27. The van der Waals surface area contributed by atoms with Crippen molar-refractivity contribution >= 4 is 34.0 Å². The highest BCUT2D eigenvalue weighted by atomic mass is 14.9. The molecule has 0 aliphatic rings. The molecule has 0 N–H and O–H groups in total.